The van der Waals surface area contributed by atoms with E-state index in [1.165, 1.54) is 18.3 Å². The second-order valence-electron chi connectivity index (χ2n) is 6.61. The SMILES string of the molecule is CCc1ccccc1NC=C1C(=O)N(c2ccc([AsH]C(=O)OC)cc2)N=C1CC(=O)O. The van der Waals surface area contributed by atoms with Crippen molar-refractivity contribution in [2.45, 2.75) is 19.8 Å². The van der Waals surface area contributed by atoms with Gasteiger partial charge in [-0.05, 0) is 0 Å². The van der Waals surface area contributed by atoms with Gasteiger partial charge in [-0.3, -0.25) is 0 Å². The van der Waals surface area contributed by atoms with Gasteiger partial charge in [-0.15, -0.1) is 0 Å². The van der Waals surface area contributed by atoms with Crippen molar-refractivity contribution in [3.05, 3.63) is 65.9 Å². The maximum atomic E-state index is 13.0. The number of carboxylic acid groups (broad SMARTS) is 1. The van der Waals surface area contributed by atoms with E-state index in [0.29, 0.717) is 5.69 Å². The number of nitrogens with zero attached hydrogens (tertiary/aromatic N) is 2. The maximum absolute atomic E-state index is 13.0. The number of hydrogen-bond acceptors (Lipinski definition) is 6. The number of amides is 1. The number of methoxy groups -OCH3 is 1. The van der Waals surface area contributed by atoms with Crippen LogP contribution in [0.2, 0.25) is 0 Å². The Balaban J connectivity index is 1.86. The van der Waals surface area contributed by atoms with Crippen LogP contribution in [0.4, 0.5) is 16.2 Å². The third kappa shape index (κ3) is 5.41. The van der Waals surface area contributed by atoms with Crippen LogP contribution in [-0.4, -0.2) is 50.3 Å². The van der Waals surface area contributed by atoms with E-state index in [4.69, 9.17) is 4.74 Å². The molecule has 0 saturated carbocycles. The first-order valence-electron chi connectivity index (χ1n) is 9.56. The predicted octanol–water partition coefficient (Wildman–Crippen LogP) is 2.25. The number of anilines is 2. The first kappa shape index (κ1) is 22.3. The number of hydrogen-bond donors (Lipinski definition) is 2. The molecule has 160 valence electrons. The molecule has 3 rings (SSSR count). The van der Waals surface area contributed by atoms with E-state index in [9.17, 15) is 19.5 Å². The molecule has 2 N–H and O–H groups in total. The zero-order valence-corrected chi connectivity index (χ0v) is 19.2. The number of aryl methyl sites for hydroxylation is 1. The van der Waals surface area contributed by atoms with Crippen LogP contribution in [0.3, 0.4) is 0 Å². The summed E-state index contributed by atoms with van der Waals surface area (Å²) in [5.74, 6) is -1.50. The predicted molar refractivity (Wildman–Crippen MR) is 120 cm³/mol. The van der Waals surface area contributed by atoms with Crippen LogP contribution in [0.1, 0.15) is 18.9 Å². The molecule has 0 radical (unpaired) electrons. The van der Waals surface area contributed by atoms with Crippen molar-refractivity contribution in [3.63, 3.8) is 0 Å². The quantitative estimate of drug-likeness (QED) is 0.441. The molecule has 1 atom stereocenters. The number of rotatable bonds is 8. The van der Waals surface area contributed by atoms with Crippen molar-refractivity contribution < 1.29 is 24.2 Å². The Kier molecular flexibility index (Phi) is 7.26. The molecule has 8 nitrogen and oxygen atoms in total. The molecule has 0 aliphatic carbocycles. The first-order valence-corrected chi connectivity index (χ1v) is 11.7. The van der Waals surface area contributed by atoms with Gasteiger partial charge in [0.15, 0.2) is 0 Å². The Bertz CT molecular complexity index is 1060. The summed E-state index contributed by atoms with van der Waals surface area (Å²) in [5.41, 5.74) is 2.77. The van der Waals surface area contributed by atoms with Gasteiger partial charge in [0.25, 0.3) is 0 Å². The zero-order valence-electron chi connectivity index (χ0n) is 17.1. The number of carbonyl (C=O) groups excluding carboxylic acids is 2. The average molecular weight is 483 g/mol. The first-order chi connectivity index (χ1) is 14.9. The Hall–Kier alpha value is -3.38. The Morgan fingerprint density at radius 1 is 1.19 bits per heavy atom. The fraction of sp³-hybridized carbons (Fsp3) is 0.182. The van der Waals surface area contributed by atoms with E-state index >= 15 is 0 Å². The van der Waals surface area contributed by atoms with Gasteiger partial charge in [0, 0.05) is 0 Å². The summed E-state index contributed by atoms with van der Waals surface area (Å²) >= 11 is -1.08. The van der Waals surface area contributed by atoms with Crippen LogP contribution in [0, 0.1) is 0 Å². The van der Waals surface area contributed by atoms with Gasteiger partial charge in [-0.2, -0.15) is 0 Å². The Morgan fingerprint density at radius 3 is 2.55 bits per heavy atom. The molecule has 0 bridgehead atoms. The molecule has 1 aliphatic rings. The fourth-order valence-corrected chi connectivity index (χ4v) is 4.43. The van der Waals surface area contributed by atoms with E-state index in [2.05, 4.69) is 10.4 Å². The molecular weight excluding hydrogens is 461 g/mol. The Morgan fingerprint density at radius 2 is 1.90 bits per heavy atom. The molecule has 31 heavy (non-hydrogen) atoms. The summed E-state index contributed by atoms with van der Waals surface area (Å²) in [6.07, 6.45) is 1.94. The number of nitrogens with one attached hydrogen (secondary N) is 1. The zero-order chi connectivity index (χ0) is 22.4. The summed E-state index contributed by atoms with van der Waals surface area (Å²) in [4.78, 5) is 35.8. The molecule has 0 aromatic heterocycles. The minimum absolute atomic E-state index is 0.172. The molecule has 0 saturated heterocycles. The second-order valence-corrected chi connectivity index (χ2v) is 9.20. The van der Waals surface area contributed by atoms with E-state index in [-0.39, 0.29) is 22.5 Å². The van der Waals surface area contributed by atoms with Crippen LogP contribution in [0.25, 0.3) is 0 Å². The minimum atomic E-state index is -1.08. The van der Waals surface area contributed by atoms with Crippen molar-refractivity contribution in [3.8, 4) is 0 Å². The van der Waals surface area contributed by atoms with Crippen LogP contribution in [0.5, 0.6) is 0 Å². The van der Waals surface area contributed by atoms with Crippen LogP contribution < -0.4 is 14.7 Å². The molecule has 0 spiro atoms. The number of aliphatic carboxylic acids is 1. The third-order valence-electron chi connectivity index (χ3n) is 4.59. The van der Waals surface area contributed by atoms with Crippen LogP contribution in [-0.2, 0) is 20.7 Å². The van der Waals surface area contributed by atoms with Gasteiger partial charge in [-0.1, -0.05) is 13.0 Å². The van der Waals surface area contributed by atoms with Crippen LogP contribution in [0.15, 0.2) is 65.4 Å². The summed E-state index contributed by atoms with van der Waals surface area (Å²) in [5, 5.41) is 17.8. The van der Waals surface area contributed by atoms with Gasteiger partial charge in [0.05, 0.1) is 0 Å². The third-order valence-corrected chi connectivity index (χ3v) is 6.75. The standard InChI is InChI=1S/C22H22AsN3O5/c1-3-14-6-4-5-7-18(14)24-13-17-19(12-20(27)28)25-26(21(17)29)16-10-8-15(9-11-16)23-22(30)31-2/h4-11,13,23-24H,3,12H2,1-2H3,(H,27,28). The van der Waals surface area contributed by atoms with E-state index in [1.807, 2.05) is 31.2 Å². The summed E-state index contributed by atoms with van der Waals surface area (Å²) in [6.45, 7) is 2.03. The summed E-state index contributed by atoms with van der Waals surface area (Å²) in [6, 6.07) is 14.6. The molecule has 1 amide bonds. The molecule has 1 aliphatic heterocycles. The summed E-state index contributed by atoms with van der Waals surface area (Å²) in [7, 11) is 1.35. The van der Waals surface area contributed by atoms with Gasteiger partial charge in [0.2, 0.25) is 0 Å². The number of benzene rings is 2. The normalized spacial score (nSPS) is 14.9. The number of para-hydroxylation sites is 1. The molecule has 0 fully saturated rings. The number of carboxylic acids is 1. The van der Waals surface area contributed by atoms with Crippen molar-refractivity contribution in [2.75, 3.05) is 17.4 Å². The number of carbonyl (C=O) groups is 3. The Labute approximate surface area is 186 Å². The van der Waals surface area contributed by atoms with E-state index in [0.717, 1.165) is 22.0 Å². The van der Waals surface area contributed by atoms with Gasteiger partial charge in [-0.25, -0.2) is 0 Å². The molecule has 9 heteroatoms. The van der Waals surface area contributed by atoms with Gasteiger partial charge in [0.1, 0.15) is 0 Å². The number of ether oxygens (including phenoxy) is 1. The molecule has 1 unspecified atom stereocenters. The van der Waals surface area contributed by atoms with Crippen LogP contribution >= 0.6 is 0 Å². The summed E-state index contributed by atoms with van der Waals surface area (Å²) < 4.78 is 5.32. The second kappa shape index (κ2) is 10.1. The van der Waals surface area contributed by atoms with Crippen molar-refractivity contribution >= 4 is 53.8 Å². The van der Waals surface area contributed by atoms with Gasteiger partial charge < -0.3 is 0 Å². The van der Waals surface area contributed by atoms with Crippen molar-refractivity contribution in [1.82, 2.24) is 0 Å². The van der Waals surface area contributed by atoms with E-state index < -0.39 is 27.6 Å². The van der Waals surface area contributed by atoms with Gasteiger partial charge >= 0.3 is 173 Å². The van der Waals surface area contributed by atoms with Crippen molar-refractivity contribution in [1.29, 1.82) is 0 Å². The molecular formula is C22H22AsN3O5. The number of hydrazone groups is 1. The monoisotopic (exact) mass is 483 g/mol. The van der Waals surface area contributed by atoms with E-state index in [1.54, 1.807) is 24.3 Å². The average Bonchev–Trinajstić information content (AvgIpc) is 3.07. The topological polar surface area (TPSA) is 108 Å². The molecule has 1 heterocycles. The molecule has 2 aromatic carbocycles. The van der Waals surface area contributed by atoms with Crippen molar-refractivity contribution in [2.24, 2.45) is 5.10 Å². The fourth-order valence-electron chi connectivity index (χ4n) is 3.03. The molecule has 2 aromatic rings.